The number of benzene rings is 1. The number of nitrogens with zero attached hydrogens (tertiary/aromatic N) is 1. The quantitative estimate of drug-likeness (QED) is 0.583. The van der Waals surface area contributed by atoms with Crippen LogP contribution < -0.4 is 11.1 Å². The van der Waals surface area contributed by atoms with Crippen molar-refractivity contribution in [2.45, 2.75) is 26.4 Å². The van der Waals surface area contributed by atoms with Crippen LogP contribution in [0.25, 0.3) is 0 Å². The van der Waals surface area contributed by atoms with E-state index < -0.39 is 0 Å². The molecule has 0 saturated carbocycles. The highest BCUT2D eigenvalue weighted by Crippen LogP contribution is 2.17. The molecule has 1 aromatic rings. The third-order valence-electron chi connectivity index (χ3n) is 2.29. The van der Waals surface area contributed by atoms with Gasteiger partial charge in [-0.15, -0.1) is 0 Å². The highest BCUT2D eigenvalue weighted by Gasteiger charge is 2.00. The lowest BCUT2D eigenvalue weighted by atomic mass is 10.1. The number of nitrogens with one attached hydrogen (secondary N) is 1. The Balaban J connectivity index is 2.49. The van der Waals surface area contributed by atoms with Gasteiger partial charge in [-0.05, 0) is 37.6 Å². The number of hydrogen-bond donors (Lipinski definition) is 2. The number of nitrogen functional groups attached to an aromatic ring is 1. The van der Waals surface area contributed by atoms with Crippen molar-refractivity contribution < 1.29 is 4.74 Å². The number of nitriles is 1. The number of ether oxygens (including phenoxy) is 1. The van der Waals surface area contributed by atoms with E-state index in [2.05, 4.69) is 11.4 Å². The maximum Gasteiger partial charge on any atom is 0.0670 e. The van der Waals surface area contributed by atoms with Gasteiger partial charge in [0, 0.05) is 17.9 Å². The van der Waals surface area contributed by atoms with E-state index in [9.17, 15) is 0 Å². The first kappa shape index (κ1) is 13.3. The molecule has 17 heavy (non-hydrogen) atoms. The van der Waals surface area contributed by atoms with Gasteiger partial charge in [0.2, 0.25) is 0 Å². The zero-order chi connectivity index (χ0) is 12.7. The molecular formula is C13H19N3O. The van der Waals surface area contributed by atoms with Crippen LogP contribution in [0.3, 0.4) is 0 Å². The summed E-state index contributed by atoms with van der Waals surface area (Å²) in [6.07, 6.45) is 0.585. The lowest BCUT2D eigenvalue weighted by molar-refractivity contribution is 0.0870. The van der Waals surface area contributed by atoms with Gasteiger partial charge in [-0.25, -0.2) is 0 Å². The second kappa shape index (κ2) is 6.77. The Labute approximate surface area is 102 Å². The van der Waals surface area contributed by atoms with Crippen molar-refractivity contribution in [1.29, 1.82) is 5.26 Å². The summed E-state index contributed by atoms with van der Waals surface area (Å²) in [7, 11) is 0. The van der Waals surface area contributed by atoms with E-state index in [4.69, 9.17) is 15.7 Å². The molecule has 4 heteroatoms. The van der Waals surface area contributed by atoms with Crippen LogP contribution in [-0.2, 0) is 11.2 Å². The molecule has 0 unspecified atom stereocenters. The Morgan fingerprint density at radius 1 is 1.47 bits per heavy atom. The van der Waals surface area contributed by atoms with Gasteiger partial charge in [0.1, 0.15) is 0 Å². The molecule has 0 saturated heterocycles. The molecule has 0 aromatic heterocycles. The van der Waals surface area contributed by atoms with Crippen LogP contribution in [0.2, 0.25) is 0 Å². The molecule has 0 radical (unpaired) electrons. The lowest BCUT2D eigenvalue weighted by Crippen LogP contribution is -2.13. The van der Waals surface area contributed by atoms with Gasteiger partial charge in [-0.1, -0.05) is 0 Å². The summed E-state index contributed by atoms with van der Waals surface area (Å²) < 4.78 is 5.43. The maximum atomic E-state index is 8.66. The third-order valence-corrected chi connectivity index (χ3v) is 2.29. The normalized spacial score (nSPS) is 10.2. The van der Waals surface area contributed by atoms with E-state index >= 15 is 0 Å². The summed E-state index contributed by atoms with van der Waals surface area (Å²) in [5, 5.41) is 11.9. The molecule has 4 nitrogen and oxygen atoms in total. The van der Waals surface area contributed by atoms with Crippen LogP contribution >= 0.6 is 0 Å². The summed E-state index contributed by atoms with van der Waals surface area (Å²) in [6.45, 7) is 5.42. The Kier molecular flexibility index (Phi) is 5.31. The minimum atomic E-state index is 0.248. The molecular weight excluding hydrogens is 214 g/mol. The van der Waals surface area contributed by atoms with Crippen molar-refractivity contribution in [1.82, 2.24) is 0 Å². The topological polar surface area (TPSA) is 71.1 Å². The van der Waals surface area contributed by atoms with Gasteiger partial charge in [-0.2, -0.15) is 5.26 Å². The Morgan fingerprint density at radius 3 is 2.88 bits per heavy atom. The predicted molar refractivity (Wildman–Crippen MR) is 69.7 cm³/mol. The Bertz CT molecular complexity index is 396. The monoisotopic (exact) mass is 233 g/mol. The zero-order valence-electron chi connectivity index (χ0n) is 10.4. The van der Waals surface area contributed by atoms with E-state index in [0.717, 1.165) is 17.8 Å². The fourth-order valence-electron chi connectivity index (χ4n) is 1.44. The minimum Gasteiger partial charge on any atom is -0.398 e. The highest BCUT2D eigenvalue weighted by molar-refractivity contribution is 5.57. The fourth-order valence-corrected chi connectivity index (χ4v) is 1.44. The van der Waals surface area contributed by atoms with Crippen molar-refractivity contribution in [3.8, 4) is 6.07 Å². The van der Waals surface area contributed by atoms with Crippen LogP contribution in [0.5, 0.6) is 0 Å². The summed E-state index contributed by atoms with van der Waals surface area (Å²) in [6, 6.07) is 7.74. The largest absolute Gasteiger partial charge is 0.398 e. The predicted octanol–water partition coefficient (Wildman–Crippen LogP) is 2.17. The molecule has 3 N–H and O–H groups in total. The van der Waals surface area contributed by atoms with E-state index in [1.165, 1.54) is 0 Å². The average molecular weight is 233 g/mol. The maximum absolute atomic E-state index is 8.66. The number of hydrogen-bond acceptors (Lipinski definition) is 4. The summed E-state index contributed by atoms with van der Waals surface area (Å²) in [5.74, 6) is 0. The van der Waals surface area contributed by atoms with Gasteiger partial charge in [0.15, 0.2) is 0 Å². The molecule has 0 spiro atoms. The van der Waals surface area contributed by atoms with Crippen molar-refractivity contribution in [2.75, 3.05) is 24.2 Å². The van der Waals surface area contributed by atoms with Crippen molar-refractivity contribution >= 4 is 11.4 Å². The first-order valence-electron chi connectivity index (χ1n) is 5.74. The van der Waals surface area contributed by atoms with E-state index in [0.29, 0.717) is 18.7 Å². The standard InChI is InChI=1S/C13H19N3O/c1-10(2)17-8-7-16-12-3-4-13(15)11(9-12)5-6-14/h3-4,9-10,16H,5,7-8,15H2,1-2H3. The highest BCUT2D eigenvalue weighted by atomic mass is 16.5. The SMILES string of the molecule is CC(C)OCCNc1ccc(N)c(CC#N)c1. The molecule has 0 heterocycles. The number of rotatable bonds is 6. The smallest absolute Gasteiger partial charge is 0.0670 e. The molecule has 0 aliphatic rings. The summed E-state index contributed by atoms with van der Waals surface area (Å²) >= 11 is 0. The molecule has 92 valence electrons. The number of anilines is 2. The minimum absolute atomic E-state index is 0.248. The van der Waals surface area contributed by atoms with Crippen LogP contribution in [0, 0.1) is 11.3 Å². The molecule has 0 aliphatic carbocycles. The molecule has 0 amide bonds. The van der Waals surface area contributed by atoms with E-state index in [1.807, 2.05) is 32.0 Å². The molecule has 1 aromatic carbocycles. The van der Waals surface area contributed by atoms with Gasteiger partial charge < -0.3 is 15.8 Å². The van der Waals surface area contributed by atoms with Gasteiger partial charge in [0.25, 0.3) is 0 Å². The molecule has 0 atom stereocenters. The van der Waals surface area contributed by atoms with Gasteiger partial charge in [0.05, 0.1) is 25.2 Å². The van der Waals surface area contributed by atoms with Crippen LogP contribution in [-0.4, -0.2) is 19.3 Å². The van der Waals surface area contributed by atoms with Crippen LogP contribution in [0.15, 0.2) is 18.2 Å². The average Bonchev–Trinajstić information content (AvgIpc) is 2.28. The second-order valence-corrected chi connectivity index (χ2v) is 4.09. The fraction of sp³-hybridized carbons (Fsp3) is 0.462. The Hall–Kier alpha value is -1.73. The van der Waals surface area contributed by atoms with Crippen LogP contribution in [0.1, 0.15) is 19.4 Å². The third kappa shape index (κ3) is 4.75. The molecule has 1 rings (SSSR count). The molecule has 0 aliphatic heterocycles. The molecule has 0 fully saturated rings. The van der Waals surface area contributed by atoms with Gasteiger partial charge >= 0.3 is 0 Å². The zero-order valence-corrected chi connectivity index (χ0v) is 10.4. The molecule has 0 bridgehead atoms. The van der Waals surface area contributed by atoms with Crippen LogP contribution in [0.4, 0.5) is 11.4 Å². The van der Waals surface area contributed by atoms with E-state index in [-0.39, 0.29) is 6.10 Å². The Morgan fingerprint density at radius 2 is 2.24 bits per heavy atom. The van der Waals surface area contributed by atoms with Gasteiger partial charge in [-0.3, -0.25) is 0 Å². The first-order valence-corrected chi connectivity index (χ1v) is 5.74. The second-order valence-electron chi connectivity index (χ2n) is 4.09. The first-order chi connectivity index (χ1) is 8.13. The summed E-state index contributed by atoms with van der Waals surface area (Å²) in [4.78, 5) is 0. The van der Waals surface area contributed by atoms with E-state index in [1.54, 1.807) is 0 Å². The number of nitrogens with two attached hydrogens (primary N) is 1. The van der Waals surface area contributed by atoms with Crippen molar-refractivity contribution in [3.05, 3.63) is 23.8 Å². The summed E-state index contributed by atoms with van der Waals surface area (Å²) in [5.41, 5.74) is 8.26. The van der Waals surface area contributed by atoms with Crippen molar-refractivity contribution in [3.63, 3.8) is 0 Å². The van der Waals surface area contributed by atoms with Crippen molar-refractivity contribution in [2.24, 2.45) is 0 Å². The lowest BCUT2D eigenvalue weighted by Gasteiger charge is -2.11.